The molecule has 1 saturated carbocycles. The Morgan fingerprint density at radius 3 is 2.66 bits per heavy atom. The van der Waals surface area contributed by atoms with Gasteiger partial charge in [0.15, 0.2) is 11.6 Å². The Kier molecular flexibility index (Phi) is 6.12. The predicted molar refractivity (Wildman–Crippen MR) is 125 cm³/mol. The van der Waals surface area contributed by atoms with Crippen LogP contribution in [0.25, 0.3) is 0 Å². The second-order valence-corrected chi connectivity index (χ2v) is 9.19. The van der Waals surface area contributed by atoms with Gasteiger partial charge >= 0.3 is 6.01 Å². The van der Waals surface area contributed by atoms with Gasteiger partial charge in [-0.1, -0.05) is 37.1 Å². The zero-order chi connectivity index (χ0) is 21.9. The molecule has 0 unspecified atom stereocenters. The number of nitrogens with one attached hydrogen (secondary N) is 1. The molecule has 0 bridgehead atoms. The van der Waals surface area contributed by atoms with Gasteiger partial charge < -0.3 is 20.7 Å². The standard InChI is InChI=1S/C24H32N6O2/c25-22-21-23(28-24(27-22)32-13-9-17-6-7-17)30(12-8-20(31)26-21)16-19-5-3-4-18(14-19)15-29-10-1-2-11-29/h3-5,14,17H,1-2,6-13,15-16H2,(H,26,31)(H2,25,27,28). The monoisotopic (exact) mass is 436 g/mol. The third-order valence-electron chi connectivity index (χ3n) is 6.49. The van der Waals surface area contributed by atoms with Crippen LogP contribution in [0, 0.1) is 5.92 Å². The van der Waals surface area contributed by atoms with E-state index in [1.54, 1.807) is 0 Å². The maximum absolute atomic E-state index is 12.3. The minimum absolute atomic E-state index is 0.0748. The average molecular weight is 437 g/mol. The first-order valence-corrected chi connectivity index (χ1v) is 11.8. The zero-order valence-corrected chi connectivity index (χ0v) is 18.6. The highest BCUT2D eigenvalue weighted by Crippen LogP contribution is 2.35. The Morgan fingerprint density at radius 2 is 1.88 bits per heavy atom. The summed E-state index contributed by atoms with van der Waals surface area (Å²) in [6, 6.07) is 8.98. The van der Waals surface area contributed by atoms with Gasteiger partial charge in [0.25, 0.3) is 0 Å². The van der Waals surface area contributed by atoms with Gasteiger partial charge in [-0.3, -0.25) is 9.69 Å². The Morgan fingerprint density at radius 1 is 1.09 bits per heavy atom. The van der Waals surface area contributed by atoms with Crippen LogP contribution in [0.15, 0.2) is 24.3 Å². The average Bonchev–Trinajstić information content (AvgIpc) is 3.49. The van der Waals surface area contributed by atoms with E-state index < -0.39 is 0 Å². The molecule has 2 fully saturated rings. The molecular formula is C24H32N6O2. The van der Waals surface area contributed by atoms with Crippen LogP contribution in [-0.2, 0) is 17.9 Å². The molecule has 1 aliphatic carbocycles. The highest BCUT2D eigenvalue weighted by Gasteiger charge is 2.26. The van der Waals surface area contributed by atoms with Crippen molar-refractivity contribution in [1.29, 1.82) is 0 Å². The normalized spacial score (nSPS) is 18.9. The number of nitrogens with zero attached hydrogens (tertiary/aromatic N) is 4. The Labute approximate surface area is 189 Å². The number of rotatable bonds is 8. The SMILES string of the molecule is Nc1nc(OCCC2CC2)nc2c1NC(=O)CCN2Cc1cccc(CN2CCCC2)c1. The van der Waals surface area contributed by atoms with Crippen molar-refractivity contribution >= 4 is 23.2 Å². The third-order valence-corrected chi connectivity index (χ3v) is 6.49. The summed E-state index contributed by atoms with van der Waals surface area (Å²) < 4.78 is 5.82. The van der Waals surface area contributed by atoms with Crippen LogP contribution < -0.4 is 20.7 Å². The highest BCUT2D eigenvalue weighted by atomic mass is 16.5. The molecule has 0 atom stereocenters. The fraction of sp³-hybridized carbons (Fsp3) is 0.542. The molecule has 1 saturated heterocycles. The van der Waals surface area contributed by atoms with E-state index in [1.807, 2.05) is 0 Å². The van der Waals surface area contributed by atoms with Crippen molar-refractivity contribution < 1.29 is 9.53 Å². The molecule has 170 valence electrons. The summed E-state index contributed by atoms with van der Waals surface area (Å²) >= 11 is 0. The quantitative estimate of drug-likeness (QED) is 0.656. The van der Waals surface area contributed by atoms with Crippen molar-refractivity contribution in [2.24, 2.45) is 5.92 Å². The predicted octanol–water partition coefficient (Wildman–Crippen LogP) is 3.18. The summed E-state index contributed by atoms with van der Waals surface area (Å²) in [4.78, 5) is 25.9. The fourth-order valence-electron chi connectivity index (χ4n) is 4.53. The van der Waals surface area contributed by atoms with Crippen LogP contribution in [0.3, 0.4) is 0 Å². The van der Waals surface area contributed by atoms with Gasteiger partial charge in [0.2, 0.25) is 5.91 Å². The lowest BCUT2D eigenvalue weighted by atomic mass is 10.1. The first kappa shape index (κ1) is 21.0. The zero-order valence-electron chi connectivity index (χ0n) is 18.6. The number of nitrogen functional groups attached to an aromatic ring is 1. The Bertz CT molecular complexity index is 971. The number of nitrogens with two attached hydrogens (primary N) is 1. The number of aromatic nitrogens is 2. The number of hydrogen-bond acceptors (Lipinski definition) is 7. The van der Waals surface area contributed by atoms with Crippen molar-refractivity contribution in [1.82, 2.24) is 14.9 Å². The van der Waals surface area contributed by atoms with Gasteiger partial charge in [-0.05, 0) is 49.4 Å². The van der Waals surface area contributed by atoms with Crippen LogP contribution in [0.2, 0.25) is 0 Å². The molecule has 8 heteroatoms. The lowest BCUT2D eigenvalue weighted by molar-refractivity contribution is -0.115. The van der Waals surface area contributed by atoms with E-state index in [9.17, 15) is 4.79 Å². The van der Waals surface area contributed by atoms with Crippen LogP contribution in [0.1, 0.15) is 49.7 Å². The van der Waals surface area contributed by atoms with E-state index >= 15 is 0 Å². The lowest BCUT2D eigenvalue weighted by Gasteiger charge is -2.24. The second kappa shape index (κ2) is 9.32. The maximum Gasteiger partial charge on any atom is 0.320 e. The molecule has 8 nitrogen and oxygen atoms in total. The number of benzene rings is 1. The molecule has 1 aromatic heterocycles. The van der Waals surface area contributed by atoms with Crippen LogP contribution in [-0.4, -0.2) is 47.0 Å². The van der Waals surface area contributed by atoms with Gasteiger partial charge in [0.1, 0.15) is 5.69 Å². The van der Waals surface area contributed by atoms with Crippen LogP contribution in [0.4, 0.5) is 17.3 Å². The fourth-order valence-corrected chi connectivity index (χ4v) is 4.53. The summed E-state index contributed by atoms with van der Waals surface area (Å²) in [6.07, 6.45) is 6.54. The van der Waals surface area contributed by atoms with Crippen LogP contribution in [0.5, 0.6) is 6.01 Å². The van der Waals surface area contributed by atoms with Crippen molar-refractivity contribution in [3.8, 4) is 6.01 Å². The van der Waals surface area contributed by atoms with E-state index in [-0.39, 0.29) is 17.7 Å². The number of hydrogen-bond donors (Lipinski definition) is 2. The summed E-state index contributed by atoms with van der Waals surface area (Å²) in [6.45, 7) is 5.14. The van der Waals surface area contributed by atoms with Crippen LogP contribution >= 0.6 is 0 Å². The molecule has 3 heterocycles. The maximum atomic E-state index is 12.3. The lowest BCUT2D eigenvalue weighted by Crippen LogP contribution is -2.25. The van der Waals surface area contributed by atoms with Crippen molar-refractivity contribution in [2.45, 2.75) is 51.6 Å². The second-order valence-electron chi connectivity index (χ2n) is 9.19. The van der Waals surface area contributed by atoms with Gasteiger partial charge in [0.05, 0.1) is 6.61 Å². The van der Waals surface area contributed by atoms with E-state index in [4.69, 9.17) is 10.5 Å². The molecular weight excluding hydrogens is 404 g/mol. The Balaban J connectivity index is 1.35. The van der Waals surface area contributed by atoms with Gasteiger partial charge in [-0.2, -0.15) is 9.97 Å². The summed E-state index contributed by atoms with van der Waals surface area (Å²) in [5.41, 5.74) is 9.20. The smallest absolute Gasteiger partial charge is 0.320 e. The number of carbonyl (C=O) groups is 1. The molecule has 2 aromatic rings. The summed E-state index contributed by atoms with van der Waals surface area (Å²) in [7, 11) is 0. The number of likely N-dealkylation sites (tertiary alicyclic amines) is 1. The molecule has 2 aliphatic heterocycles. The highest BCUT2D eigenvalue weighted by molar-refractivity contribution is 5.98. The minimum atomic E-state index is -0.0748. The van der Waals surface area contributed by atoms with Gasteiger partial charge in [0, 0.05) is 26.1 Å². The summed E-state index contributed by atoms with van der Waals surface area (Å²) in [5, 5.41) is 2.88. The van der Waals surface area contributed by atoms with Gasteiger partial charge in [-0.15, -0.1) is 0 Å². The molecule has 32 heavy (non-hydrogen) atoms. The van der Waals surface area contributed by atoms with E-state index in [0.717, 1.165) is 18.9 Å². The molecule has 3 N–H and O–H groups in total. The molecule has 1 aromatic carbocycles. The van der Waals surface area contributed by atoms with E-state index in [0.29, 0.717) is 37.6 Å². The van der Waals surface area contributed by atoms with E-state index in [2.05, 4.69) is 49.4 Å². The largest absolute Gasteiger partial charge is 0.463 e. The first-order valence-electron chi connectivity index (χ1n) is 11.8. The first-order chi connectivity index (χ1) is 15.6. The third kappa shape index (κ3) is 5.12. The molecule has 0 radical (unpaired) electrons. The summed E-state index contributed by atoms with van der Waals surface area (Å²) in [5.74, 6) is 1.58. The molecule has 0 spiro atoms. The van der Waals surface area contributed by atoms with Gasteiger partial charge in [-0.25, -0.2) is 0 Å². The topological polar surface area (TPSA) is 96.6 Å². The number of carbonyl (C=O) groups excluding carboxylic acids is 1. The number of fused-ring (bicyclic) bond motifs is 1. The molecule has 1 amide bonds. The van der Waals surface area contributed by atoms with E-state index in [1.165, 1.54) is 49.9 Å². The van der Waals surface area contributed by atoms with Crippen molar-refractivity contribution in [3.05, 3.63) is 35.4 Å². The van der Waals surface area contributed by atoms with Crippen molar-refractivity contribution in [3.63, 3.8) is 0 Å². The Hall–Kier alpha value is -2.87. The minimum Gasteiger partial charge on any atom is -0.463 e. The number of anilines is 3. The molecule has 3 aliphatic rings. The molecule has 5 rings (SSSR count). The number of amides is 1. The van der Waals surface area contributed by atoms with Crippen molar-refractivity contribution in [2.75, 3.05) is 42.2 Å². The number of ether oxygens (including phenoxy) is 1.